The number of hydrogen-bond donors (Lipinski definition) is 1. The molecule has 26 heavy (non-hydrogen) atoms. The molecular weight excluding hydrogens is 320 g/mol. The first-order valence-electron chi connectivity index (χ1n) is 8.68. The Labute approximate surface area is 156 Å². The summed E-state index contributed by atoms with van der Waals surface area (Å²) in [5.41, 5.74) is 4.86. The van der Waals surface area contributed by atoms with E-state index in [0.717, 1.165) is 17.6 Å². The Balaban J connectivity index is 2.04. The number of aliphatic imine (C=N–C) groups is 1. The first-order chi connectivity index (χ1) is 12.5. The molecule has 0 unspecified atom stereocenters. The van der Waals surface area contributed by atoms with Crippen molar-refractivity contribution in [1.29, 1.82) is 0 Å². The molecule has 1 fully saturated rings. The molecule has 1 aromatic carbocycles. The fraction of sp³-hybridized carbons (Fsp3) is 0.217. The fourth-order valence-electron chi connectivity index (χ4n) is 2.76. The molecule has 1 aliphatic rings. The zero-order valence-electron chi connectivity index (χ0n) is 15.5. The molecule has 134 valence electrons. The van der Waals surface area contributed by atoms with Crippen LogP contribution in [0.3, 0.4) is 0 Å². The van der Waals surface area contributed by atoms with Gasteiger partial charge >= 0.3 is 0 Å². The van der Waals surface area contributed by atoms with Crippen LogP contribution in [0.15, 0.2) is 90.3 Å². The molecule has 3 heteroatoms. The van der Waals surface area contributed by atoms with E-state index in [4.69, 9.17) is 0 Å². The van der Waals surface area contributed by atoms with Crippen LogP contribution >= 0.6 is 0 Å². The smallest absolute Gasteiger partial charge is 0.228 e. The molecule has 0 aliphatic heterocycles. The van der Waals surface area contributed by atoms with Crippen molar-refractivity contribution < 1.29 is 4.79 Å². The van der Waals surface area contributed by atoms with E-state index in [1.807, 2.05) is 25.1 Å². The Bertz CT molecular complexity index is 811. The first kappa shape index (κ1) is 19.4. The second kappa shape index (κ2) is 8.95. The standard InChI is InChI=1S/C23H26N2O/c1-6-20(12-11-19(16(3)4)15-24-7-2)25-23(26)22-14-21(22)18-10-8-9-17(5)13-18/h6-13,15,21-22H,1-3,14H2,4-5H3,(H,25,26)/b19-11-,20-12+,24-15-/t21-,22+/m0/s1. The number of amides is 1. The van der Waals surface area contributed by atoms with Crippen molar-refractivity contribution in [3.63, 3.8) is 0 Å². The Morgan fingerprint density at radius 2 is 2.08 bits per heavy atom. The van der Waals surface area contributed by atoms with Crippen LogP contribution in [0.1, 0.15) is 30.4 Å². The molecule has 0 radical (unpaired) electrons. The van der Waals surface area contributed by atoms with E-state index in [9.17, 15) is 4.79 Å². The summed E-state index contributed by atoms with van der Waals surface area (Å²) in [6, 6.07) is 8.36. The quantitative estimate of drug-likeness (QED) is 0.522. The topological polar surface area (TPSA) is 41.5 Å². The van der Waals surface area contributed by atoms with Gasteiger partial charge in [0.2, 0.25) is 5.91 Å². The molecule has 0 saturated heterocycles. The van der Waals surface area contributed by atoms with Gasteiger partial charge in [0, 0.05) is 24.0 Å². The van der Waals surface area contributed by atoms with E-state index in [1.54, 1.807) is 12.3 Å². The van der Waals surface area contributed by atoms with Crippen LogP contribution in [0, 0.1) is 12.8 Å². The molecule has 0 heterocycles. The summed E-state index contributed by atoms with van der Waals surface area (Å²) in [6.45, 7) is 15.2. The summed E-state index contributed by atoms with van der Waals surface area (Å²) in [5, 5.41) is 2.96. The van der Waals surface area contributed by atoms with Crippen LogP contribution in [0.2, 0.25) is 0 Å². The van der Waals surface area contributed by atoms with Crippen LogP contribution in [0.25, 0.3) is 0 Å². The summed E-state index contributed by atoms with van der Waals surface area (Å²) >= 11 is 0. The monoisotopic (exact) mass is 346 g/mol. The lowest BCUT2D eigenvalue weighted by Crippen LogP contribution is -2.23. The van der Waals surface area contributed by atoms with Gasteiger partial charge in [-0.3, -0.25) is 9.79 Å². The number of carbonyl (C=O) groups is 1. The molecule has 1 amide bonds. The average molecular weight is 346 g/mol. The minimum absolute atomic E-state index is 0.0204. The van der Waals surface area contributed by atoms with E-state index in [2.05, 4.69) is 55.2 Å². The van der Waals surface area contributed by atoms with Crippen molar-refractivity contribution >= 4 is 12.1 Å². The van der Waals surface area contributed by atoms with Crippen molar-refractivity contribution in [3.8, 4) is 0 Å². The minimum Gasteiger partial charge on any atom is -0.326 e. The number of benzene rings is 1. The number of nitrogens with one attached hydrogen (secondary N) is 1. The lowest BCUT2D eigenvalue weighted by Gasteiger charge is -2.06. The first-order valence-corrected chi connectivity index (χ1v) is 8.68. The Hall–Kier alpha value is -2.94. The van der Waals surface area contributed by atoms with E-state index >= 15 is 0 Å². The third kappa shape index (κ3) is 5.28. The fourth-order valence-corrected chi connectivity index (χ4v) is 2.76. The van der Waals surface area contributed by atoms with Gasteiger partial charge in [0.05, 0.1) is 0 Å². The van der Waals surface area contributed by atoms with E-state index < -0.39 is 0 Å². The molecule has 0 spiro atoms. The second-order valence-corrected chi connectivity index (χ2v) is 6.54. The zero-order chi connectivity index (χ0) is 19.1. The van der Waals surface area contributed by atoms with Crippen LogP contribution < -0.4 is 5.32 Å². The van der Waals surface area contributed by atoms with Crippen molar-refractivity contribution in [2.24, 2.45) is 10.9 Å². The van der Waals surface area contributed by atoms with Gasteiger partial charge in [-0.25, -0.2) is 0 Å². The molecular formula is C23H26N2O. The maximum absolute atomic E-state index is 12.5. The predicted octanol–water partition coefficient (Wildman–Crippen LogP) is 5.00. The zero-order valence-corrected chi connectivity index (χ0v) is 15.5. The minimum atomic E-state index is 0.0204. The van der Waals surface area contributed by atoms with Gasteiger partial charge in [-0.2, -0.15) is 0 Å². The lowest BCUT2D eigenvalue weighted by molar-refractivity contribution is -0.121. The van der Waals surface area contributed by atoms with Gasteiger partial charge in [0.25, 0.3) is 0 Å². The molecule has 0 bridgehead atoms. The van der Waals surface area contributed by atoms with E-state index in [-0.39, 0.29) is 11.8 Å². The largest absolute Gasteiger partial charge is 0.326 e. The van der Waals surface area contributed by atoms with E-state index in [0.29, 0.717) is 11.6 Å². The van der Waals surface area contributed by atoms with Gasteiger partial charge in [-0.1, -0.05) is 55.6 Å². The SMILES string of the molecule is C=C\N=C/C(=C/C=C(\C=C)NC(=O)[C@@H]1C[C@H]1c1cccc(C)c1)C(=C)C. The highest BCUT2D eigenvalue weighted by Gasteiger charge is 2.43. The number of nitrogens with zero attached hydrogens (tertiary/aromatic N) is 1. The molecule has 2 atom stereocenters. The highest BCUT2D eigenvalue weighted by atomic mass is 16.2. The number of allylic oxidation sites excluding steroid dienone is 5. The molecule has 1 N–H and O–H groups in total. The normalized spacial score (nSPS) is 19.9. The summed E-state index contributed by atoms with van der Waals surface area (Å²) in [6.07, 6.45) is 9.35. The Kier molecular flexibility index (Phi) is 6.67. The summed E-state index contributed by atoms with van der Waals surface area (Å²) in [5.74, 6) is 0.363. The molecule has 2 rings (SSSR count). The predicted molar refractivity (Wildman–Crippen MR) is 110 cm³/mol. The van der Waals surface area contributed by atoms with Crippen LogP contribution in [0.4, 0.5) is 0 Å². The highest BCUT2D eigenvalue weighted by molar-refractivity contribution is 5.86. The molecule has 3 nitrogen and oxygen atoms in total. The Morgan fingerprint density at radius 1 is 1.31 bits per heavy atom. The number of hydrogen-bond acceptors (Lipinski definition) is 2. The average Bonchev–Trinajstić information content (AvgIpc) is 3.41. The summed E-state index contributed by atoms with van der Waals surface area (Å²) in [4.78, 5) is 16.5. The van der Waals surface area contributed by atoms with Gasteiger partial charge in [0.15, 0.2) is 0 Å². The van der Waals surface area contributed by atoms with Crippen molar-refractivity contribution in [2.75, 3.05) is 0 Å². The molecule has 1 aromatic rings. The third-order valence-electron chi connectivity index (χ3n) is 4.34. The number of rotatable bonds is 8. The maximum Gasteiger partial charge on any atom is 0.228 e. The maximum atomic E-state index is 12.5. The number of aryl methyl sites for hydroxylation is 1. The van der Waals surface area contributed by atoms with Gasteiger partial charge < -0.3 is 5.32 Å². The van der Waals surface area contributed by atoms with Crippen molar-refractivity contribution in [2.45, 2.75) is 26.2 Å². The van der Waals surface area contributed by atoms with Crippen LogP contribution in [-0.2, 0) is 4.79 Å². The summed E-state index contributed by atoms with van der Waals surface area (Å²) < 4.78 is 0. The molecule has 0 aromatic heterocycles. The van der Waals surface area contributed by atoms with Crippen molar-refractivity contribution in [3.05, 3.63) is 96.4 Å². The number of carbonyl (C=O) groups excluding carboxylic acids is 1. The highest BCUT2D eigenvalue weighted by Crippen LogP contribution is 2.47. The molecule has 1 saturated carbocycles. The van der Waals surface area contributed by atoms with Gasteiger partial charge in [-0.05, 0) is 55.0 Å². The lowest BCUT2D eigenvalue weighted by atomic mass is 10.1. The van der Waals surface area contributed by atoms with Crippen molar-refractivity contribution in [1.82, 2.24) is 5.32 Å². The van der Waals surface area contributed by atoms with E-state index in [1.165, 1.54) is 17.3 Å². The Morgan fingerprint density at radius 3 is 2.69 bits per heavy atom. The summed E-state index contributed by atoms with van der Waals surface area (Å²) in [7, 11) is 0. The second-order valence-electron chi connectivity index (χ2n) is 6.54. The molecule has 1 aliphatic carbocycles. The third-order valence-corrected chi connectivity index (χ3v) is 4.34. The van der Waals surface area contributed by atoms with Gasteiger partial charge in [0.1, 0.15) is 0 Å². The van der Waals surface area contributed by atoms with Gasteiger partial charge in [-0.15, -0.1) is 0 Å². The van der Waals surface area contributed by atoms with Crippen LogP contribution in [-0.4, -0.2) is 12.1 Å². The van der Waals surface area contributed by atoms with Crippen LogP contribution in [0.5, 0.6) is 0 Å².